The third kappa shape index (κ3) is 0.903. The smallest absolute Gasteiger partial charge is 0.0653 e. The maximum atomic E-state index is 10.6. The lowest BCUT2D eigenvalue weighted by molar-refractivity contribution is -0.0430. The Morgan fingerprint density at radius 1 is 1.19 bits per heavy atom. The summed E-state index contributed by atoms with van der Waals surface area (Å²) in [6, 6.07) is 0. The molecule has 16 heavy (non-hydrogen) atoms. The molecule has 0 amide bonds. The standard InChI is InChI=1S/C15H26O/c1-11-6-5-7-13(4)8-9-14(12(2,3)16)10-15(11,13)14/h11,16H,5-10H2,1-4H3/t11-,13+,14-,15+/m0/s1. The molecule has 3 fully saturated rings. The van der Waals surface area contributed by atoms with Crippen LogP contribution in [0.15, 0.2) is 0 Å². The Hall–Kier alpha value is -0.0400. The van der Waals surface area contributed by atoms with E-state index in [1.54, 1.807) is 0 Å². The van der Waals surface area contributed by atoms with E-state index in [2.05, 4.69) is 27.7 Å². The summed E-state index contributed by atoms with van der Waals surface area (Å²) in [5.41, 5.74) is 0.798. The topological polar surface area (TPSA) is 20.2 Å². The van der Waals surface area contributed by atoms with Crippen LogP contribution in [0.4, 0.5) is 0 Å². The third-order valence-electron chi connectivity index (χ3n) is 6.87. The molecule has 1 N–H and O–H groups in total. The molecule has 4 atom stereocenters. The summed E-state index contributed by atoms with van der Waals surface area (Å²) < 4.78 is 0. The lowest BCUT2D eigenvalue weighted by atomic mass is 9.59. The third-order valence-corrected chi connectivity index (χ3v) is 6.87. The molecule has 0 unspecified atom stereocenters. The molecule has 0 radical (unpaired) electrons. The number of rotatable bonds is 1. The van der Waals surface area contributed by atoms with Crippen molar-refractivity contribution in [2.24, 2.45) is 22.2 Å². The molecule has 1 nitrogen and oxygen atoms in total. The monoisotopic (exact) mass is 222 g/mol. The van der Waals surface area contributed by atoms with Gasteiger partial charge in [-0.15, -0.1) is 0 Å². The largest absolute Gasteiger partial charge is 0.390 e. The Morgan fingerprint density at radius 3 is 2.44 bits per heavy atom. The summed E-state index contributed by atoms with van der Waals surface area (Å²) in [7, 11) is 0. The van der Waals surface area contributed by atoms with E-state index in [-0.39, 0.29) is 5.41 Å². The molecule has 0 aromatic carbocycles. The second-order valence-corrected chi connectivity index (χ2v) is 7.64. The van der Waals surface area contributed by atoms with Gasteiger partial charge in [-0.25, -0.2) is 0 Å². The molecule has 0 bridgehead atoms. The predicted octanol–water partition coefficient (Wildman–Crippen LogP) is 3.75. The van der Waals surface area contributed by atoms with E-state index in [1.807, 2.05) is 0 Å². The Kier molecular flexibility index (Phi) is 1.86. The van der Waals surface area contributed by atoms with Crippen molar-refractivity contribution in [2.75, 3.05) is 0 Å². The van der Waals surface area contributed by atoms with Gasteiger partial charge in [0.1, 0.15) is 0 Å². The zero-order chi connectivity index (χ0) is 11.8. The summed E-state index contributed by atoms with van der Waals surface area (Å²) in [6.45, 7) is 9.04. The molecule has 92 valence electrons. The molecule has 3 aliphatic rings. The van der Waals surface area contributed by atoms with Gasteiger partial charge in [0.05, 0.1) is 5.60 Å². The highest BCUT2D eigenvalue weighted by Gasteiger charge is 2.83. The van der Waals surface area contributed by atoms with Crippen LogP contribution in [0.25, 0.3) is 0 Å². The lowest BCUT2D eigenvalue weighted by Crippen LogP contribution is -2.42. The highest BCUT2D eigenvalue weighted by atomic mass is 16.3. The van der Waals surface area contributed by atoms with Crippen molar-refractivity contribution < 1.29 is 5.11 Å². The summed E-state index contributed by atoms with van der Waals surface area (Å²) in [5, 5.41) is 10.6. The normalized spacial score (nSPS) is 55.7. The number of aliphatic hydroxyl groups is 1. The summed E-state index contributed by atoms with van der Waals surface area (Å²) in [5.74, 6) is 0.820. The quantitative estimate of drug-likeness (QED) is 0.716. The van der Waals surface area contributed by atoms with Crippen LogP contribution in [0.3, 0.4) is 0 Å². The van der Waals surface area contributed by atoms with Gasteiger partial charge in [-0.05, 0) is 56.3 Å². The minimum Gasteiger partial charge on any atom is -0.390 e. The van der Waals surface area contributed by atoms with Gasteiger partial charge in [-0.3, -0.25) is 0 Å². The molecule has 3 aliphatic carbocycles. The Labute approximate surface area is 99.6 Å². The molecule has 0 heterocycles. The maximum absolute atomic E-state index is 10.6. The van der Waals surface area contributed by atoms with Gasteiger partial charge in [0, 0.05) is 5.41 Å². The number of hydrogen-bond acceptors (Lipinski definition) is 1. The van der Waals surface area contributed by atoms with E-state index in [0.29, 0.717) is 10.8 Å². The first kappa shape index (κ1) is 11.1. The first-order valence-corrected chi connectivity index (χ1v) is 7.02. The van der Waals surface area contributed by atoms with E-state index in [9.17, 15) is 5.11 Å². The van der Waals surface area contributed by atoms with Crippen molar-refractivity contribution in [2.45, 2.75) is 71.8 Å². The second-order valence-electron chi connectivity index (χ2n) is 7.64. The van der Waals surface area contributed by atoms with Crippen LogP contribution >= 0.6 is 0 Å². The van der Waals surface area contributed by atoms with Crippen LogP contribution in [-0.4, -0.2) is 10.7 Å². The lowest BCUT2D eigenvalue weighted by Gasteiger charge is -2.46. The average molecular weight is 222 g/mol. The SMILES string of the molecule is C[C@H]1CCC[C@]2(C)CC[C@@]3(C(C)(C)O)C[C@@]123. The van der Waals surface area contributed by atoms with Gasteiger partial charge >= 0.3 is 0 Å². The predicted molar refractivity (Wildman–Crippen MR) is 66.1 cm³/mol. The van der Waals surface area contributed by atoms with Crippen LogP contribution in [0.1, 0.15) is 66.2 Å². The molecule has 0 aliphatic heterocycles. The molecular formula is C15H26O. The minimum atomic E-state index is -0.476. The van der Waals surface area contributed by atoms with Crippen molar-refractivity contribution in [1.82, 2.24) is 0 Å². The molecule has 3 rings (SSSR count). The highest BCUT2D eigenvalue weighted by molar-refractivity contribution is 5.31. The summed E-state index contributed by atoms with van der Waals surface area (Å²) >= 11 is 0. The van der Waals surface area contributed by atoms with Gasteiger partial charge in [0.25, 0.3) is 0 Å². The first-order chi connectivity index (χ1) is 7.29. The highest BCUT2D eigenvalue weighted by Crippen LogP contribution is 2.88. The molecule has 3 saturated carbocycles. The van der Waals surface area contributed by atoms with Crippen molar-refractivity contribution >= 4 is 0 Å². The van der Waals surface area contributed by atoms with Crippen LogP contribution in [-0.2, 0) is 0 Å². The van der Waals surface area contributed by atoms with Crippen molar-refractivity contribution in [3.05, 3.63) is 0 Å². The first-order valence-electron chi connectivity index (χ1n) is 7.02. The number of hydrogen-bond donors (Lipinski definition) is 1. The zero-order valence-electron chi connectivity index (χ0n) is 11.3. The maximum Gasteiger partial charge on any atom is 0.0653 e. The molecule has 1 heteroatoms. The minimum absolute atomic E-state index is 0.259. The fourth-order valence-electron chi connectivity index (χ4n) is 5.95. The summed E-state index contributed by atoms with van der Waals surface area (Å²) in [6.07, 6.45) is 8.09. The van der Waals surface area contributed by atoms with E-state index < -0.39 is 5.60 Å². The average Bonchev–Trinajstić information content (AvgIpc) is 2.78. The molecule has 0 aromatic heterocycles. The van der Waals surface area contributed by atoms with E-state index in [0.717, 1.165) is 5.92 Å². The molecule has 0 saturated heterocycles. The fraction of sp³-hybridized carbons (Fsp3) is 1.00. The zero-order valence-corrected chi connectivity index (χ0v) is 11.3. The van der Waals surface area contributed by atoms with Gasteiger partial charge in [0.2, 0.25) is 0 Å². The van der Waals surface area contributed by atoms with E-state index in [4.69, 9.17) is 0 Å². The van der Waals surface area contributed by atoms with Crippen molar-refractivity contribution in [3.8, 4) is 0 Å². The van der Waals surface area contributed by atoms with Gasteiger partial charge in [-0.2, -0.15) is 0 Å². The Bertz CT molecular complexity index is 329. The van der Waals surface area contributed by atoms with E-state index in [1.165, 1.54) is 38.5 Å². The van der Waals surface area contributed by atoms with Gasteiger partial charge < -0.3 is 5.11 Å². The van der Waals surface area contributed by atoms with Gasteiger partial charge in [0.15, 0.2) is 0 Å². The van der Waals surface area contributed by atoms with Crippen molar-refractivity contribution in [3.63, 3.8) is 0 Å². The second kappa shape index (κ2) is 2.68. The molecule has 1 spiro atoms. The van der Waals surface area contributed by atoms with Crippen LogP contribution in [0.2, 0.25) is 0 Å². The van der Waals surface area contributed by atoms with Crippen LogP contribution in [0.5, 0.6) is 0 Å². The summed E-state index contributed by atoms with van der Waals surface area (Å²) in [4.78, 5) is 0. The van der Waals surface area contributed by atoms with Crippen LogP contribution in [0, 0.1) is 22.2 Å². The molecule has 0 aromatic rings. The van der Waals surface area contributed by atoms with E-state index >= 15 is 0 Å². The Morgan fingerprint density at radius 2 is 1.88 bits per heavy atom. The van der Waals surface area contributed by atoms with Gasteiger partial charge in [-0.1, -0.05) is 26.7 Å². The molecular weight excluding hydrogens is 196 g/mol. The van der Waals surface area contributed by atoms with Crippen LogP contribution < -0.4 is 0 Å². The Balaban J connectivity index is 2.06. The van der Waals surface area contributed by atoms with Crippen molar-refractivity contribution in [1.29, 1.82) is 0 Å². The fourth-order valence-corrected chi connectivity index (χ4v) is 5.95.